The largest absolute Gasteiger partial charge is 0.743 e. The van der Waals surface area contributed by atoms with E-state index in [1.54, 1.807) is 0 Å². The molecule has 2 rings (SSSR count). The molecule has 0 aliphatic carbocycles. The van der Waals surface area contributed by atoms with E-state index in [0.29, 0.717) is 0 Å². The predicted molar refractivity (Wildman–Crippen MR) is 90.9 cm³/mol. The normalized spacial score (nSPS) is 13.4. The molecule has 32 heavy (non-hydrogen) atoms. The molecule has 3 nitrogen and oxygen atoms in total. The lowest BCUT2D eigenvalue weighted by molar-refractivity contribution is -0.597. The van der Waals surface area contributed by atoms with Crippen molar-refractivity contribution in [2.75, 3.05) is 0 Å². The highest BCUT2D eigenvalue weighted by molar-refractivity contribution is 7.86. The molecule has 0 saturated heterocycles. The van der Waals surface area contributed by atoms with Gasteiger partial charge in [0.05, 0.1) is 0 Å². The summed E-state index contributed by atoms with van der Waals surface area (Å²) < 4.78 is 138. The van der Waals surface area contributed by atoms with Gasteiger partial charge < -0.3 is 4.55 Å². The van der Waals surface area contributed by atoms with Crippen LogP contribution >= 0.6 is 23.2 Å². The van der Waals surface area contributed by atoms with Crippen LogP contribution in [0.5, 0.6) is 0 Å². The van der Waals surface area contributed by atoms with Crippen LogP contribution < -0.4 is 21.2 Å². The van der Waals surface area contributed by atoms with Crippen LogP contribution in [0.1, 0.15) is 0 Å². The average molecular weight is 649 g/mol. The lowest BCUT2D eigenvalue weighted by Gasteiger charge is -2.34. The van der Waals surface area contributed by atoms with Gasteiger partial charge in [-0.15, -0.1) is 0 Å². The monoisotopic (exact) mass is 648 g/mol. The van der Waals surface area contributed by atoms with Crippen LogP contribution in [0, 0.1) is 7.14 Å². The average Bonchev–Trinajstić information content (AvgIpc) is 2.64. The van der Waals surface area contributed by atoms with Crippen molar-refractivity contribution in [1.29, 1.82) is 0 Å². The molecule has 2 aromatic carbocycles. The number of halogens is 12. The van der Waals surface area contributed by atoms with Crippen LogP contribution in [0.4, 0.5) is 39.5 Å². The Bertz CT molecular complexity index is 969. The van der Waals surface area contributed by atoms with Crippen LogP contribution in [0.25, 0.3) is 0 Å². The van der Waals surface area contributed by atoms with Gasteiger partial charge in [0, 0.05) is 10.0 Å². The van der Waals surface area contributed by atoms with Crippen molar-refractivity contribution < 1.29 is 73.7 Å². The van der Waals surface area contributed by atoms with Gasteiger partial charge in [0.2, 0.25) is 0 Å². The van der Waals surface area contributed by atoms with Gasteiger partial charge in [0.15, 0.2) is 17.3 Å². The van der Waals surface area contributed by atoms with Crippen molar-refractivity contribution in [2.24, 2.45) is 0 Å². The Labute approximate surface area is 195 Å². The first kappa shape index (κ1) is 29.1. The lowest BCUT2D eigenvalue weighted by atomic mass is 10.1. The summed E-state index contributed by atoms with van der Waals surface area (Å²) in [6.07, 6.45) is -7.16. The molecule has 0 saturated carbocycles. The standard InChI is InChI=1S/C12H8Cl2I.C4HF9O3S/c13-9-1-5-11(6-2-9)15-12-7-3-10(14)4-8-12;5-1(6,3(9,10)11)2(7,8)4(12,13)17(14,15)16/h1-8H;(H,14,15,16)/q+1;/p-1. The van der Waals surface area contributed by atoms with Crippen molar-refractivity contribution in [3.05, 3.63) is 65.7 Å². The molecule has 2 aromatic rings. The van der Waals surface area contributed by atoms with Gasteiger partial charge in [-0.2, -0.15) is 39.5 Å². The summed E-state index contributed by atoms with van der Waals surface area (Å²) in [4.78, 5) is 0. The van der Waals surface area contributed by atoms with E-state index >= 15 is 0 Å². The smallest absolute Gasteiger partial charge is 0.460 e. The first-order chi connectivity index (χ1) is 14.2. The molecule has 0 bridgehead atoms. The summed E-state index contributed by atoms with van der Waals surface area (Å²) in [6, 6.07) is 16.1. The van der Waals surface area contributed by atoms with E-state index in [-0.39, 0.29) is 21.2 Å². The maximum Gasteiger partial charge on any atom is 0.460 e. The zero-order chi connectivity index (χ0) is 25.2. The summed E-state index contributed by atoms with van der Waals surface area (Å²) in [5.74, 6) is -14.8. The second-order valence-corrected chi connectivity index (χ2v) is 10.9. The Kier molecular flexibility index (Phi) is 9.18. The second-order valence-electron chi connectivity index (χ2n) is 5.58. The summed E-state index contributed by atoms with van der Waals surface area (Å²) in [5.41, 5.74) is 0. The molecule has 0 unspecified atom stereocenters. The first-order valence-electron chi connectivity index (χ1n) is 7.55. The molecule has 0 aliphatic heterocycles. The third-order valence-electron chi connectivity index (χ3n) is 3.26. The number of benzene rings is 2. The van der Waals surface area contributed by atoms with Crippen molar-refractivity contribution in [2.45, 2.75) is 23.3 Å². The summed E-state index contributed by atoms with van der Waals surface area (Å²) in [7, 11) is -7.42. The summed E-state index contributed by atoms with van der Waals surface area (Å²) in [6.45, 7) is 0. The van der Waals surface area contributed by atoms with Crippen LogP contribution in [-0.2, 0) is 10.1 Å². The second kappa shape index (κ2) is 10.1. The van der Waals surface area contributed by atoms with E-state index in [9.17, 15) is 52.5 Å². The minimum Gasteiger partial charge on any atom is -0.743 e. The third-order valence-corrected chi connectivity index (χ3v) is 7.33. The van der Waals surface area contributed by atoms with Crippen LogP contribution in [0.2, 0.25) is 10.0 Å². The molecule has 0 fully saturated rings. The predicted octanol–water partition coefficient (Wildman–Crippen LogP) is 3.08. The topological polar surface area (TPSA) is 57.2 Å². The van der Waals surface area contributed by atoms with Crippen molar-refractivity contribution in [3.63, 3.8) is 0 Å². The molecule has 0 N–H and O–H groups in total. The maximum absolute atomic E-state index is 12.2. The Hall–Kier alpha value is -0.970. The number of rotatable bonds is 5. The third kappa shape index (κ3) is 6.55. The fourth-order valence-corrected chi connectivity index (χ4v) is 4.48. The molecular formula is C16H8Cl2F9IO3S. The van der Waals surface area contributed by atoms with Crippen molar-refractivity contribution >= 4 is 33.3 Å². The van der Waals surface area contributed by atoms with Crippen LogP contribution in [-0.4, -0.2) is 36.2 Å². The fraction of sp³-hybridized carbons (Fsp3) is 0.250. The number of hydrogen-bond acceptors (Lipinski definition) is 3. The molecule has 16 heteroatoms. The van der Waals surface area contributed by atoms with Gasteiger partial charge in [0.1, 0.15) is 0 Å². The molecular weight excluding hydrogens is 641 g/mol. The maximum atomic E-state index is 12.2. The highest BCUT2D eigenvalue weighted by Gasteiger charge is 2.83. The highest BCUT2D eigenvalue weighted by atomic mass is 127. The van der Waals surface area contributed by atoms with Gasteiger partial charge in [0.25, 0.3) is 0 Å². The van der Waals surface area contributed by atoms with Gasteiger partial charge >= 0.3 is 44.5 Å². The molecule has 0 radical (unpaired) electrons. The van der Waals surface area contributed by atoms with Gasteiger partial charge in [-0.25, -0.2) is 8.42 Å². The Morgan fingerprint density at radius 3 is 1.22 bits per heavy atom. The van der Waals surface area contributed by atoms with Gasteiger partial charge in [-0.3, -0.25) is 0 Å². The molecule has 0 atom stereocenters. The molecule has 180 valence electrons. The van der Waals surface area contributed by atoms with E-state index in [4.69, 9.17) is 23.2 Å². The quantitative estimate of drug-likeness (QED) is 0.285. The first-order valence-corrected chi connectivity index (χ1v) is 11.9. The van der Waals surface area contributed by atoms with Crippen molar-refractivity contribution in [1.82, 2.24) is 0 Å². The minimum absolute atomic E-state index is 0.114. The van der Waals surface area contributed by atoms with E-state index in [0.717, 1.165) is 10.0 Å². The zero-order valence-corrected chi connectivity index (χ0v) is 19.3. The Morgan fingerprint density at radius 2 is 0.969 bits per heavy atom. The van der Waals surface area contributed by atoms with Gasteiger partial charge in [-0.05, 0) is 48.5 Å². The van der Waals surface area contributed by atoms with E-state index in [1.807, 2.05) is 24.3 Å². The minimum atomic E-state index is -7.43. The zero-order valence-electron chi connectivity index (χ0n) is 14.8. The molecule has 0 aromatic heterocycles. The van der Waals surface area contributed by atoms with E-state index < -0.39 is 33.4 Å². The fourth-order valence-electron chi connectivity index (χ4n) is 1.63. The molecule has 0 aliphatic rings. The number of alkyl halides is 9. The Morgan fingerprint density at radius 1 is 0.656 bits per heavy atom. The Balaban J connectivity index is 0.000000321. The molecule has 0 amide bonds. The molecule has 0 spiro atoms. The van der Waals surface area contributed by atoms with Crippen LogP contribution in [0.3, 0.4) is 0 Å². The highest BCUT2D eigenvalue weighted by Crippen LogP contribution is 2.54. The van der Waals surface area contributed by atoms with Gasteiger partial charge in [-0.1, -0.05) is 23.2 Å². The van der Waals surface area contributed by atoms with E-state index in [2.05, 4.69) is 24.3 Å². The van der Waals surface area contributed by atoms with Crippen LogP contribution in [0.15, 0.2) is 48.5 Å². The van der Waals surface area contributed by atoms with E-state index in [1.165, 1.54) is 7.14 Å². The summed E-state index contributed by atoms with van der Waals surface area (Å²) >= 11 is 11.5. The molecule has 0 heterocycles. The summed E-state index contributed by atoms with van der Waals surface area (Å²) in [5, 5.41) is -5.53. The SMILES string of the molecule is Clc1ccc([I+]c2ccc(Cl)cc2)cc1.O=S(=O)([O-])C(F)(F)C(F)(F)C(F)(F)C(F)(F)F. The van der Waals surface area contributed by atoms with Crippen molar-refractivity contribution in [3.8, 4) is 0 Å². The number of hydrogen-bond donors (Lipinski definition) is 0. The lowest BCUT2D eigenvalue weighted by Crippen LogP contribution is -3.61.